The topological polar surface area (TPSA) is 106 Å². The van der Waals surface area contributed by atoms with Crippen LogP contribution in [0.4, 0.5) is 5.13 Å². The van der Waals surface area contributed by atoms with Crippen LogP contribution in [0.25, 0.3) is 5.76 Å². The molecule has 0 bridgehead atoms. The molecule has 39 heavy (non-hydrogen) atoms. The summed E-state index contributed by atoms with van der Waals surface area (Å²) in [4.78, 5) is 32.2. The van der Waals surface area contributed by atoms with Gasteiger partial charge in [0, 0.05) is 23.7 Å². The lowest BCUT2D eigenvalue weighted by Crippen LogP contribution is -2.29. The van der Waals surface area contributed by atoms with Gasteiger partial charge in [-0.3, -0.25) is 19.5 Å². The molecule has 2 aromatic heterocycles. The lowest BCUT2D eigenvalue weighted by atomic mass is 9.96. The predicted molar refractivity (Wildman–Crippen MR) is 152 cm³/mol. The number of aliphatic hydroxyl groups is 1. The second-order valence-electron chi connectivity index (χ2n) is 8.81. The van der Waals surface area contributed by atoms with Gasteiger partial charge < -0.3 is 9.84 Å². The van der Waals surface area contributed by atoms with Gasteiger partial charge in [0.1, 0.15) is 11.5 Å². The van der Waals surface area contributed by atoms with Crippen LogP contribution < -0.4 is 9.64 Å². The van der Waals surface area contributed by atoms with Crippen LogP contribution in [0.15, 0.2) is 89.0 Å². The number of Topliss-reactive ketones (excluding diaryl/α,β-unsaturated/α-hetero) is 1. The van der Waals surface area contributed by atoms with Crippen molar-refractivity contribution in [3.63, 3.8) is 0 Å². The minimum Gasteiger partial charge on any atom is -0.507 e. The highest BCUT2D eigenvalue weighted by molar-refractivity contribution is 8.00. The van der Waals surface area contributed by atoms with E-state index in [1.807, 2.05) is 30.3 Å². The van der Waals surface area contributed by atoms with Gasteiger partial charge in [0.05, 0.1) is 18.2 Å². The van der Waals surface area contributed by atoms with E-state index < -0.39 is 17.7 Å². The fourth-order valence-corrected chi connectivity index (χ4v) is 5.98. The van der Waals surface area contributed by atoms with Gasteiger partial charge in [0.25, 0.3) is 5.78 Å². The highest BCUT2D eigenvalue weighted by atomic mass is 32.2. The largest absolute Gasteiger partial charge is 0.507 e. The van der Waals surface area contributed by atoms with E-state index in [1.165, 1.54) is 28.0 Å². The number of aliphatic hydroxyl groups excluding tert-OH is 1. The van der Waals surface area contributed by atoms with Crippen molar-refractivity contribution in [2.24, 2.45) is 0 Å². The number of pyridine rings is 1. The maximum absolute atomic E-state index is 13.3. The third-order valence-electron chi connectivity index (χ3n) is 6.15. The number of ketones is 1. The van der Waals surface area contributed by atoms with E-state index in [0.29, 0.717) is 33.6 Å². The van der Waals surface area contributed by atoms with Crippen molar-refractivity contribution in [1.29, 1.82) is 0 Å². The molecular weight excluding hydrogens is 532 g/mol. The van der Waals surface area contributed by atoms with E-state index in [1.54, 1.807) is 48.8 Å². The number of carbonyl (C=O) groups is 2. The van der Waals surface area contributed by atoms with E-state index in [9.17, 15) is 14.7 Å². The SMILES string of the molecule is CCCCOc1ccc(/C(O)=C2\C(=O)C(=O)N(c3nnc(SCc4ccccc4)s3)C2c2cccnc2)cc1. The van der Waals surface area contributed by atoms with Gasteiger partial charge in [-0.2, -0.15) is 0 Å². The first-order chi connectivity index (χ1) is 19.1. The molecule has 198 valence electrons. The lowest BCUT2D eigenvalue weighted by molar-refractivity contribution is -0.132. The smallest absolute Gasteiger partial charge is 0.301 e. The highest BCUT2D eigenvalue weighted by Crippen LogP contribution is 2.44. The summed E-state index contributed by atoms with van der Waals surface area (Å²) in [7, 11) is 0. The molecule has 1 atom stereocenters. The molecule has 5 rings (SSSR count). The Morgan fingerprint density at radius 3 is 2.56 bits per heavy atom. The number of nitrogens with zero attached hydrogens (tertiary/aromatic N) is 4. The molecule has 8 nitrogen and oxygen atoms in total. The van der Waals surface area contributed by atoms with Gasteiger partial charge in [-0.25, -0.2) is 0 Å². The molecule has 1 aliphatic rings. The maximum atomic E-state index is 13.3. The average Bonchev–Trinajstić information content (AvgIpc) is 3.55. The highest BCUT2D eigenvalue weighted by Gasteiger charge is 2.48. The molecule has 0 aliphatic carbocycles. The average molecular weight is 559 g/mol. The number of hydrogen-bond acceptors (Lipinski definition) is 9. The Labute approximate surface area is 234 Å². The van der Waals surface area contributed by atoms with E-state index >= 15 is 0 Å². The molecule has 10 heteroatoms. The Balaban J connectivity index is 1.47. The molecule has 4 aromatic rings. The van der Waals surface area contributed by atoms with Crippen molar-refractivity contribution in [2.45, 2.75) is 35.9 Å². The number of hydrogen-bond donors (Lipinski definition) is 1. The van der Waals surface area contributed by atoms with E-state index in [4.69, 9.17) is 4.74 Å². The third-order valence-corrected chi connectivity index (χ3v) is 8.27. The van der Waals surface area contributed by atoms with Crippen LogP contribution in [0, 0.1) is 0 Å². The van der Waals surface area contributed by atoms with Crippen LogP contribution >= 0.6 is 23.1 Å². The Hall–Kier alpha value is -4.02. The number of unbranched alkanes of at least 4 members (excludes halogenated alkanes) is 1. The van der Waals surface area contributed by atoms with E-state index in [2.05, 4.69) is 22.1 Å². The Bertz CT molecular complexity index is 1470. The number of benzene rings is 2. The summed E-state index contributed by atoms with van der Waals surface area (Å²) in [5, 5.41) is 20.1. The van der Waals surface area contributed by atoms with Crippen molar-refractivity contribution >= 4 is 45.7 Å². The van der Waals surface area contributed by atoms with Crippen LogP contribution in [-0.4, -0.2) is 38.6 Å². The van der Waals surface area contributed by atoms with Crippen LogP contribution in [-0.2, 0) is 15.3 Å². The van der Waals surface area contributed by atoms with Crippen molar-refractivity contribution in [2.75, 3.05) is 11.5 Å². The number of amides is 1. The normalized spacial score (nSPS) is 16.5. The molecule has 3 heterocycles. The lowest BCUT2D eigenvalue weighted by Gasteiger charge is -2.22. The first-order valence-electron chi connectivity index (χ1n) is 12.5. The number of aromatic nitrogens is 3. The van der Waals surface area contributed by atoms with Gasteiger partial charge in [0.15, 0.2) is 4.34 Å². The molecule has 1 fully saturated rings. The predicted octanol–water partition coefficient (Wildman–Crippen LogP) is 6.03. The molecule has 1 aliphatic heterocycles. The maximum Gasteiger partial charge on any atom is 0.301 e. The fourth-order valence-electron chi connectivity index (χ4n) is 4.16. The first kappa shape index (κ1) is 26.6. The standard InChI is InChI=1S/C29H26N4O4S2/c1-2-3-16-37-22-13-11-20(12-14-22)25(34)23-24(21-10-7-15-30-17-21)33(27(36)26(23)35)28-31-32-29(39-28)38-18-19-8-5-4-6-9-19/h4-15,17,24,34H,2-3,16,18H2,1H3/b25-23+. The van der Waals surface area contributed by atoms with Crippen molar-refractivity contribution in [1.82, 2.24) is 15.2 Å². The minimum atomic E-state index is -0.904. The summed E-state index contributed by atoms with van der Waals surface area (Å²) in [5.41, 5.74) is 2.09. The quantitative estimate of drug-likeness (QED) is 0.0628. The van der Waals surface area contributed by atoms with Crippen LogP contribution in [0.5, 0.6) is 5.75 Å². The Kier molecular flexibility index (Phi) is 8.33. The Morgan fingerprint density at radius 1 is 1.05 bits per heavy atom. The second kappa shape index (κ2) is 12.2. The number of anilines is 1. The number of carbonyl (C=O) groups excluding carboxylic acids is 2. The summed E-state index contributed by atoms with van der Waals surface area (Å²) in [5.74, 6) is -0.482. The van der Waals surface area contributed by atoms with Gasteiger partial charge >= 0.3 is 5.91 Å². The molecular formula is C29H26N4O4S2. The second-order valence-corrected chi connectivity index (χ2v) is 11.0. The molecule has 1 amide bonds. The van der Waals surface area contributed by atoms with Crippen LogP contribution in [0.1, 0.15) is 42.5 Å². The molecule has 1 saturated heterocycles. The summed E-state index contributed by atoms with van der Waals surface area (Å²) < 4.78 is 6.38. The minimum absolute atomic E-state index is 0.0265. The van der Waals surface area contributed by atoms with Crippen LogP contribution in [0.3, 0.4) is 0 Å². The fraction of sp³-hybridized carbons (Fsp3) is 0.207. The molecule has 1 N–H and O–H groups in total. The van der Waals surface area contributed by atoms with Crippen molar-refractivity contribution in [3.8, 4) is 5.75 Å². The summed E-state index contributed by atoms with van der Waals surface area (Å²) in [6.45, 7) is 2.69. The van der Waals surface area contributed by atoms with E-state index in [-0.39, 0.29) is 16.5 Å². The Morgan fingerprint density at radius 2 is 1.85 bits per heavy atom. The summed E-state index contributed by atoms with van der Waals surface area (Å²) in [6.07, 6.45) is 5.15. The van der Waals surface area contributed by atoms with E-state index in [0.717, 1.165) is 18.4 Å². The first-order valence-corrected chi connectivity index (χ1v) is 14.3. The number of ether oxygens (including phenoxy) is 1. The zero-order chi connectivity index (χ0) is 27.2. The summed E-state index contributed by atoms with van der Waals surface area (Å²) in [6, 6.07) is 19.4. The molecule has 0 spiro atoms. The van der Waals surface area contributed by atoms with Crippen LogP contribution in [0.2, 0.25) is 0 Å². The van der Waals surface area contributed by atoms with Crippen molar-refractivity contribution in [3.05, 3.63) is 101 Å². The molecule has 2 aromatic carbocycles. The molecule has 1 unspecified atom stereocenters. The van der Waals surface area contributed by atoms with Gasteiger partial charge in [0.2, 0.25) is 5.13 Å². The van der Waals surface area contributed by atoms with Gasteiger partial charge in [-0.1, -0.05) is 72.8 Å². The third kappa shape index (κ3) is 5.86. The number of rotatable bonds is 10. The van der Waals surface area contributed by atoms with Gasteiger partial charge in [-0.05, 0) is 47.9 Å². The molecule has 0 saturated carbocycles. The van der Waals surface area contributed by atoms with Gasteiger partial charge in [-0.15, -0.1) is 10.2 Å². The number of thioether (sulfide) groups is 1. The summed E-state index contributed by atoms with van der Waals surface area (Å²) >= 11 is 2.73. The zero-order valence-corrected chi connectivity index (χ0v) is 22.8. The zero-order valence-electron chi connectivity index (χ0n) is 21.2. The monoisotopic (exact) mass is 558 g/mol. The molecule has 0 radical (unpaired) electrons. The van der Waals surface area contributed by atoms with Crippen molar-refractivity contribution < 1.29 is 19.4 Å².